The van der Waals surface area contributed by atoms with E-state index in [1.165, 1.54) is 22.0 Å². The number of benzene rings is 2. The van der Waals surface area contributed by atoms with Gasteiger partial charge in [0.1, 0.15) is 0 Å². The average Bonchev–Trinajstić information content (AvgIpc) is 3.11. The molecule has 26 heavy (non-hydrogen) atoms. The lowest BCUT2D eigenvalue weighted by molar-refractivity contribution is -0.129. The highest BCUT2D eigenvalue weighted by Crippen LogP contribution is 2.27. The van der Waals surface area contributed by atoms with Gasteiger partial charge in [0.15, 0.2) is 0 Å². The van der Waals surface area contributed by atoms with Crippen molar-refractivity contribution in [1.29, 1.82) is 0 Å². The van der Waals surface area contributed by atoms with Crippen molar-refractivity contribution in [3.8, 4) is 0 Å². The first kappa shape index (κ1) is 16.8. The monoisotopic (exact) mass is 348 g/mol. The number of nitrogens with zero attached hydrogens (tertiary/aromatic N) is 4. The Bertz CT molecular complexity index is 925. The van der Waals surface area contributed by atoms with Crippen molar-refractivity contribution in [2.45, 2.75) is 25.6 Å². The van der Waals surface area contributed by atoms with Gasteiger partial charge in [-0.05, 0) is 22.4 Å². The second-order valence-corrected chi connectivity index (χ2v) is 7.22. The zero-order valence-electron chi connectivity index (χ0n) is 15.3. The van der Waals surface area contributed by atoms with Crippen molar-refractivity contribution in [1.82, 2.24) is 19.6 Å². The molecule has 0 unspecified atom stereocenters. The maximum Gasteiger partial charge on any atom is 0.224 e. The Morgan fingerprint density at radius 3 is 2.81 bits per heavy atom. The first-order valence-corrected chi connectivity index (χ1v) is 9.03. The summed E-state index contributed by atoms with van der Waals surface area (Å²) in [6.07, 6.45) is 2.32. The zero-order chi connectivity index (χ0) is 18.1. The third kappa shape index (κ3) is 3.22. The molecule has 0 saturated heterocycles. The fourth-order valence-corrected chi connectivity index (χ4v) is 3.79. The highest BCUT2D eigenvalue weighted by molar-refractivity contribution is 5.85. The molecule has 4 rings (SSSR count). The minimum absolute atomic E-state index is 0.0821. The van der Waals surface area contributed by atoms with E-state index in [1.807, 2.05) is 25.0 Å². The molecule has 0 aliphatic carbocycles. The van der Waals surface area contributed by atoms with Crippen molar-refractivity contribution in [3.63, 3.8) is 0 Å². The molecule has 1 aliphatic heterocycles. The Labute approximate surface area is 153 Å². The maximum absolute atomic E-state index is 12.2. The van der Waals surface area contributed by atoms with Crippen LogP contribution in [0.3, 0.4) is 0 Å². The summed E-state index contributed by atoms with van der Waals surface area (Å²) in [6, 6.07) is 17.1. The molecule has 5 heteroatoms. The SMILES string of the molecule is CN(C)C(=O)C[C@H]1CN(Cc2cccc3ccccc23)Cc2ccnn21. The first-order valence-electron chi connectivity index (χ1n) is 9.03. The van der Waals surface area contributed by atoms with E-state index < -0.39 is 0 Å². The molecule has 2 heterocycles. The van der Waals surface area contributed by atoms with Crippen LogP contribution in [-0.2, 0) is 17.9 Å². The highest BCUT2D eigenvalue weighted by Gasteiger charge is 2.28. The minimum atomic E-state index is 0.0821. The average molecular weight is 348 g/mol. The molecule has 0 radical (unpaired) electrons. The molecule has 1 atom stereocenters. The highest BCUT2D eigenvalue weighted by atomic mass is 16.2. The third-order valence-electron chi connectivity index (χ3n) is 5.14. The Kier molecular flexibility index (Phi) is 4.47. The summed E-state index contributed by atoms with van der Waals surface area (Å²) in [4.78, 5) is 16.3. The molecule has 0 fully saturated rings. The van der Waals surface area contributed by atoms with Gasteiger partial charge in [-0.3, -0.25) is 14.4 Å². The third-order valence-corrected chi connectivity index (χ3v) is 5.14. The van der Waals surface area contributed by atoms with Gasteiger partial charge in [0.2, 0.25) is 5.91 Å². The lowest BCUT2D eigenvalue weighted by Crippen LogP contribution is -2.39. The summed E-state index contributed by atoms with van der Waals surface area (Å²) >= 11 is 0. The molecule has 0 N–H and O–H groups in total. The number of hydrogen-bond acceptors (Lipinski definition) is 3. The molecule has 3 aromatic rings. The van der Waals surface area contributed by atoms with E-state index in [9.17, 15) is 4.79 Å². The van der Waals surface area contributed by atoms with Gasteiger partial charge < -0.3 is 4.90 Å². The van der Waals surface area contributed by atoms with Crippen LogP contribution in [0.1, 0.15) is 23.7 Å². The Morgan fingerprint density at radius 2 is 1.96 bits per heavy atom. The van der Waals surface area contributed by atoms with Crippen molar-refractivity contribution in [2.75, 3.05) is 20.6 Å². The van der Waals surface area contributed by atoms with E-state index in [0.717, 1.165) is 19.6 Å². The fraction of sp³-hybridized carbons (Fsp3) is 0.333. The number of rotatable bonds is 4. The van der Waals surface area contributed by atoms with Gasteiger partial charge in [-0.25, -0.2) is 0 Å². The van der Waals surface area contributed by atoms with Crippen LogP contribution in [0, 0.1) is 0 Å². The summed E-state index contributed by atoms with van der Waals surface area (Å²) in [5.74, 6) is 0.142. The van der Waals surface area contributed by atoms with Crippen LogP contribution < -0.4 is 0 Å². The summed E-state index contributed by atoms with van der Waals surface area (Å²) in [5.41, 5.74) is 2.50. The van der Waals surface area contributed by atoms with E-state index in [-0.39, 0.29) is 11.9 Å². The molecular weight excluding hydrogens is 324 g/mol. The van der Waals surface area contributed by atoms with E-state index in [1.54, 1.807) is 4.90 Å². The Hall–Kier alpha value is -2.66. The van der Waals surface area contributed by atoms with Crippen molar-refractivity contribution >= 4 is 16.7 Å². The predicted molar refractivity (Wildman–Crippen MR) is 103 cm³/mol. The van der Waals surface area contributed by atoms with Crippen LogP contribution in [0.25, 0.3) is 10.8 Å². The van der Waals surface area contributed by atoms with Crippen LogP contribution >= 0.6 is 0 Å². The number of carbonyl (C=O) groups excluding carboxylic acids is 1. The molecule has 0 spiro atoms. The van der Waals surface area contributed by atoms with Gasteiger partial charge in [0, 0.05) is 39.9 Å². The summed E-state index contributed by atoms with van der Waals surface area (Å²) in [7, 11) is 3.62. The van der Waals surface area contributed by atoms with Gasteiger partial charge >= 0.3 is 0 Å². The molecule has 2 aromatic carbocycles. The van der Waals surface area contributed by atoms with E-state index in [4.69, 9.17) is 0 Å². The standard InChI is InChI=1S/C21H24N4O/c1-23(2)21(26)12-19-15-24(14-18-10-11-22-25(18)19)13-17-8-5-7-16-6-3-4-9-20(16)17/h3-11,19H,12-15H2,1-2H3/t19-/m0/s1. The van der Waals surface area contributed by atoms with E-state index in [0.29, 0.717) is 6.42 Å². The van der Waals surface area contributed by atoms with E-state index >= 15 is 0 Å². The number of fused-ring (bicyclic) bond motifs is 2. The van der Waals surface area contributed by atoms with Gasteiger partial charge in [-0.1, -0.05) is 42.5 Å². The molecule has 1 aromatic heterocycles. The van der Waals surface area contributed by atoms with Crippen molar-refractivity contribution < 1.29 is 4.79 Å². The van der Waals surface area contributed by atoms with Gasteiger partial charge in [-0.2, -0.15) is 5.10 Å². The van der Waals surface area contributed by atoms with Gasteiger partial charge in [0.25, 0.3) is 0 Å². The summed E-state index contributed by atoms with van der Waals surface area (Å²) in [6.45, 7) is 2.56. The number of hydrogen-bond donors (Lipinski definition) is 0. The van der Waals surface area contributed by atoms with Crippen LogP contribution in [0.4, 0.5) is 0 Å². The lowest BCUT2D eigenvalue weighted by Gasteiger charge is -2.34. The molecule has 0 saturated carbocycles. The number of carbonyl (C=O) groups is 1. The normalized spacial score (nSPS) is 17.2. The quantitative estimate of drug-likeness (QED) is 0.728. The molecule has 134 valence electrons. The van der Waals surface area contributed by atoms with Crippen molar-refractivity contribution in [3.05, 3.63) is 66.0 Å². The van der Waals surface area contributed by atoms with E-state index in [2.05, 4.69) is 58.5 Å². The number of aromatic nitrogens is 2. The van der Waals surface area contributed by atoms with Crippen LogP contribution in [-0.4, -0.2) is 46.1 Å². The lowest BCUT2D eigenvalue weighted by atomic mass is 10.0. The predicted octanol–water partition coefficient (Wildman–Crippen LogP) is 3.07. The minimum Gasteiger partial charge on any atom is -0.349 e. The fourth-order valence-electron chi connectivity index (χ4n) is 3.79. The van der Waals surface area contributed by atoms with Crippen LogP contribution in [0.15, 0.2) is 54.7 Å². The van der Waals surface area contributed by atoms with Gasteiger partial charge in [0.05, 0.1) is 18.2 Å². The van der Waals surface area contributed by atoms with Crippen LogP contribution in [0.5, 0.6) is 0 Å². The largest absolute Gasteiger partial charge is 0.349 e. The molecule has 5 nitrogen and oxygen atoms in total. The Morgan fingerprint density at radius 1 is 1.15 bits per heavy atom. The smallest absolute Gasteiger partial charge is 0.224 e. The maximum atomic E-state index is 12.2. The Balaban J connectivity index is 1.59. The molecule has 1 aliphatic rings. The second-order valence-electron chi connectivity index (χ2n) is 7.22. The topological polar surface area (TPSA) is 41.4 Å². The number of amides is 1. The van der Waals surface area contributed by atoms with Gasteiger partial charge in [-0.15, -0.1) is 0 Å². The summed E-state index contributed by atoms with van der Waals surface area (Å²) < 4.78 is 2.03. The first-order chi connectivity index (χ1) is 12.6. The zero-order valence-corrected chi connectivity index (χ0v) is 15.3. The molecule has 0 bridgehead atoms. The second kappa shape index (κ2) is 6.92. The summed E-state index contributed by atoms with van der Waals surface area (Å²) in [5, 5.41) is 7.03. The molecule has 1 amide bonds. The van der Waals surface area contributed by atoms with Crippen molar-refractivity contribution in [2.24, 2.45) is 0 Å². The molecular formula is C21H24N4O. The van der Waals surface area contributed by atoms with Crippen LogP contribution in [0.2, 0.25) is 0 Å².